The SMILES string of the molecule is CCNc1nccc(NC2(C)CCS(=O)(=O)C2)n1. The van der Waals surface area contributed by atoms with Crippen LogP contribution in [0.3, 0.4) is 0 Å². The Morgan fingerprint density at radius 2 is 2.28 bits per heavy atom. The minimum absolute atomic E-state index is 0.153. The lowest BCUT2D eigenvalue weighted by molar-refractivity contribution is 0.572. The molecular weight excluding hydrogens is 252 g/mol. The van der Waals surface area contributed by atoms with E-state index in [1.807, 2.05) is 13.8 Å². The summed E-state index contributed by atoms with van der Waals surface area (Å²) in [7, 11) is -2.92. The smallest absolute Gasteiger partial charge is 0.224 e. The summed E-state index contributed by atoms with van der Waals surface area (Å²) in [5, 5.41) is 6.22. The van der Waals surface area contributed by atoms with E-state index >= 15 is 0 Å². The lowest BCUT2D eigenvalue weighted by Crippen LogP contribution is -2.36. The molecule has 0 aliphatic carbocycles. The van der Waals surface area contributed by atoms with Crippen LogP contribution in [-0.4, -0.2) is 42.0 Å². The van der Waals surface area contributed by atoms with Gasteiger partial charge in [-0.3, -0.25) is 0 Å². The molecule has 1 atom stereocenters. The minimum Gasteiger partial charge on any atom is -0.364 e. The number of hydrogen-bond donors (Lipinski definition) is 2. The largest absolute Gasteiger partial charge is 0.364 e. The van der Waals surface area contributed by atoms with Crippen LogP contribution in [0, 0.1) is 0 Å². The summed E-state index contributed by atoms with van der Waals surface area (Å²) < 4.78 is 23.0. The topological polar surface area (TPSA) is 84.0 Å². The third-order valence-corrected chi connectivity index (χ3v) is 4.83. The van der Waals surface area contributed by atoms with Crippen molar-refractivity contribution in [3.8, 4) is 0 Å². The molecule has 6 nitrogen and oxygen atoms in total. The van der Waals surface area contributed by atoms with Crippen LogP contribution in [0.4, 0.5) is 11.8 Å². The number of sulfone groups is 1. The second-order valence-electron chi connectivity index (χ2n) is 4.82. The Bertz CT molecular complexity index is 532. The van der Waals surface area contributed by atoms with Gasteiger partial charge in [-0.25, -0.2) is 13.4 Å². The highest BCUT2D eigenvalue weighted by atomic mass is 32.2. The second-order valence-corrected chi connectivity index (χ2v) is 7.01. The van der Waals surface area contributed by atoms with Crippen LogP contribution in [0.5, 0.6) is 0 Å². The van der Waals surface area contributed by atoms with Crippen molar-refractivity contribution in [2.75, 3.05) is 28.7 Å². The molecule has 0 bridgehead atoms. The van der Waals surface area contributed by atoms with Crippen LogP contribution in [0.15, 0.2) is 12.3 Å². The standard InChI is InChI=1S/C11H18N4O2S/c1-3-12-10-13-6-4-9(14-10)15-11(2)5-7-18(16,17)8-11/h4,6H,3,5,7-8H2,1-2H3,(H2,12,13,14,15). The molecule has 1 aliphatic rings. The zero-order chi connectivity index (χ0) is 13.2. The van der Waals surface area contributed by atoms with Gasteiger partial charge < -0.3 is 10.6 Å². The highest BCUT2D eigenvalue weighted by Gasteiger charge is 2.38. The van der Waals surface area contributed by atoms with Gasteiger partial charge in [-0.15, -0.1) is 0 Å². The average molecular weight is 270 g/mol. The Morgan fingerprint density at radius 1 is 1.50 bits per heavy atom. The minimum atomic E-state index is -2.92. The summed E-state index contributed by atoms with van der Waals surface area (Å²) in [5.41, 5.74) is -0.434. The monoisotopic (exact) mass is 270 g/mol. The maximum absolute atomic E-state index is 11.5. The third-order valence-electron chi connectivity index (χ3n) is 2.92. The average Bonchev–Trinajstić information content (AvgIpc) is 2.53. The Kier molecular flexibility index (Phi) is 3.43. The molecule has 0 aromatic carbocycles. The lowest BCUT2D eigenvalue weighted by Gasteiger charge is -2.24. The Morgan fingerprint density at radius 3 is 2.89 bits per heavy atom. The number of aromatic nitrogens is 2. The number of nitrogens with one attached hydrogen (secondary N) is 2. The van der Waals surface area contributed by atoms with Crippen molar-refractivity contribution in [3.63, 3.8) is 0 Å². The molecule has 1 saturated heterocycles. The molecule has 2 N–H and O–H groups in total. The molecule has 100 valence electrons. The van der Waals surface area contributed by atoms with Crippen LogP contribution in [0.1, 0.15) is 20.3 Å². The quantitative estimate of drug-likeness (QED) is 0.845. The van der Waals surface area contributed by atoms with E-state index < -0.39 is 15.4 Å². The number of rotatable bonds is 4. The number of nitrogens with zero attached hydrogens (tertiary/aromatic N) is 2. The maximum atomic E-state index is 11.5. The molecule has 0 spiro atoms. The first-order chi connectivity index (χ1) is 8.42. The van der Waals surface area contributed by atoms with Crippen molar-refractivity contribution in [1.29, 1.82) is 0 Å². The molecule has 0 saturated carbocycles. The molecule has 1 aliphatic heterocycles. The van der Waals surface area contributed by atoms with Gasteiger partial charge in [-0.2, -0.15) is 4.98 Å². The van der Waals surface area contributed by atoms with Crippen LogP contribution >= 0.6 is 0 Å². The third kappa shape index (κ3) is 3.10. The zero-order valence-electron chi connectivity index (χ0n) is 10.6. The van der Waals surface area contributed by atoms with Crippen LogP contribution < -0.4 is 10.6 Å². The highest BCUT2D eigenvalue weighted by Crippen LogP contribution is 2.26. The van der Waals surface area contributed by atoms with E-state index in [4.69, 9.17) is 0 Å². The maximum Gasteiger partial charge on any atom is 0.224 e. The number of anilines is 2. The van der Waals surface area contributed by atoms with Crippen molar-refractivity contribution in [1.82, 2.24) is 9.97 Å². The van der Waals surface area contributed by atoms with Crippen LogP contribution in [0.25, 0.3) is 0 Å². The van der Waals surface area contributed by atoms with E-state index in [2.05, 4.69) is 20.6 Å². The normalized spacial score (nSPS) is 25.9. The molecule has 0 radical (unpaired) electrons. The summed E-state index contributed by atoms with van der Waals surface area (Å²) in [5.74, 6) is 1.59. The molecule has 1 aromatic heterocycles. The van der Waals surface area contributed by atoms with Gasteiger partial charge in [-0.05, 0) is 26.3 Å². The van der Waals surface area contributed by atoms with Gasteiger partial charge in [0.25, 0.3) is 0 Å². The summed E-state index contributed by atoms with van der Waals surface area (Å²) in [4.78, 5) is 8.37. The number of hydrogen-bond acceptors (Lipinski definition) is 6. The fraction of sp³-hybridized carbons (Fsp3) is 0.636. The highest BCUT2D eigenvalue weighted by molar-refractivity contribution is 7.91. The molecule has 1 unspecified atom stereocenters. The van der Waals surface area contributed by atoms with E-state index in [-0.39, 0.29) is 11.5 Å². The summed E-state index contributed by atoms with van der Waals surface area (Å²) in [6, 6.07) is 1.75. The van der Waals surface area contributed by atoms with Crippen LogP contribution in [0.2, 0.25) is 0 Å². The van der Waals surface area contributed by atoms with E-state index in [0.717, 1.165) is 6.54 Å². The van der Waals surface area contributed by atoms with Crippen molar-refractivity contribution in [2.24, 2.45) is 0 Å². The first-order valence-corrected chi connectivity index (χ1v) is 7.80. The first-order valence-electron chi connectivity index (χ1n) is 5.98. The molecular formula is C11H18N4O2S. The molecule has 7 heteroatoms. The van der Waals surface area contributed by atoms with Gasteiger partial charge in [0, 0.05) is 12.7 Å². The molecule has 18 heavy (non-hydrogen) atoms. The van der Waals surface area contributed by atoms with Gasteiger partial charge in [-0.1, -0.05) is 0 Å². The lowest BCUT2D eigenvalue weighted by atomic mass is 10.0. The first kappa shape index (κ1) is 13.1. The van der Waals surface area contributed by atoms with Gasteiger partial charge in [0.15, 0.2) is 9.84 Å². The fourth-order valence-corrected chi connectivity index (χ4v) is 4.18. The Labute approximate surface area is 107 Å². The van der Waals surface area contributed by atoms with Gasteiger partial charge in [0.2, 0.25) is 5.95 Å². The summed E-state index contributed by atoms with van der Waals surface area (Å²) >= 11 is 0. The predicted octanol–water partition coefficient (Wildman–Crippen LogP) is 0.897. The predicted molar refractivity (Wildman–Crippen MR) is 71.5 cm³/mol. The molecule has 1 aromatic rings. The van der Waals surface area contributed by atoms with E-state index in [1.165, 1.54) is 0 Å². The zero-order valence-corrected chi connectivity index (χ0v) is 11.4. The van der Waals surface area contributed by atoms with Crippen molar-refractivity contribution < 1.29 is 8.42 Å². The summed E-state index contributed by atoms with van der Waals surface area (Å²) in [6.07, 6.45) is 2.26. The van der Waals surface area contributed by atoms with E-state index in [9.17, 15) is 8.42 Å². The van der Waals surface area contributed by atoms with Gasteiger partial charge in [0.05, 0.1) is 17.0 Å². The Balaban J connectivity index is 2.12. The van der Waals surface area contributed by atoms with E-state index in [0.29, 0.717) is 18.2 Å². The molecule has 0 amide bonds. The molecule has 2 rings (SSSR count). The second kappa shape index (κ2) is 4.72. The van der Waals surface area contributed by atoms with Gasteiger partial charge in [0.1, 0.15) is 5.82 Å². The molecule has 2 heterocycles. The van der Waals surface area contributed by atoms with E-state index in [1.54, 1.807) is 12.3 Å². The van der Waals surface area contributed by atoms with Crippen molar-refractivity contribution in [2.45, 2.75) is 25.8 Å². The van der Waals surface area contributed by atoms with Crippen molar-refractivity contribution >= 4 is 21.6 Å². The van der Waals surface area contributed by atoms with Crippen molar-refractivity contribution in [3.05, 3.63) is 12.3 Å². The van der Waals surface area contributed by atoms with Gasteiger partial charge >= 0.3 is 0 Å². The van der Waals surface area contributed by atoms with Crippen LogP contribution in [-0.2, 0) is 9.84 Å². The summed E-state index contributed by atoms with van der Waals surface area (Å²) in [6.45, 7) is 4.62. The molecule has 1 fully saturated rings. The fourth-order valence-electron chi connectivity index (χ4n) is 2.09. The Hall–Kier alpha value is -1.37.